The van der Waals surface area contributed by atoms with Crippen molar-refractivity contribution in [2.45, 2.75) is 31.6 Å². The summed E-state index contributed by atoms with van der Waals surface area (Å²) in [5, 5.41) is 29.9. The highest BCUT2D eigenvalue weighted by Gasteiger charge is 2.34. The molecule has 2 aromatic rings. The van der Waals surface area contributed by atoms with E-state index in [0.29, 0.717) is 23.4 Å². The number of likely N-dealkylation sites (tertiary alicyclic amines) is 1. The number of aliphatic hydroxyl groups is 2. The van der Waals surface area contributed by atoms with Crippen molar-refractivity contribution in [3.05, 3.63) is 63.4 Å². The van der Waals surface area contributed by atoms with Crippen molar-refractivity contribution in [1.29, 1.82) is 0 Å². The van der Waals surface area contributed by atoms with Gasteiger partial charge in [0.05, 0.1) is 11.6 Å². The number of phenolic OH excluding ortho intramolecular Hbond substituents is 1. The van der Waals surface area contributed by atoms with Crippen molar-refractivity contribution < 1.29 is 24.9 Å². The lowest BCUT2D eigenvalue weighted by Gasteiger charge is -2.34. The van der Waals surface area contributed by atoms with Gasteiger partial charge in [-0.2, -0.15) is 0 Å². The third-order valence-corrected chi connectivity index (χ3v) is 6.45. The Morgan fingerprint density at radius 2 is 1.87 bits per heavy atom. The molecule has 0 spiro atoms. The molecule has 2 aliphatic rings. The molecule has 0 bridgehead atoms. The number of carbonyl (C=O) groups excluding carboxylic acids is 1. The normalized spacial score (nSPS) is 19.8. The Bertz CT molecular complexity index is 1030. The van der Waals surface area contributed by atoms with E-state index < -0.39 is 5.92 Å². The first-order chi connectivity index (χ1) is 14.9. The molecule has 6 nitrogen and oxygen atoms in total. The van der Waals surface area contributed by atoms with E-state index in [0.717, 1.165) is 43.3 Å². The number of aldehydes is 1. The van der Waals surface area contributed by atoms with Crippen LogP contribution in [0.1, 0.15) is 46.9 Å². The van der Waals surface area contributed by atoms with Crippen LogP contribution in [0.3, 0.4) is 0 Å². The number of rotatable bonds is 5. The molecule has 31 heavy (non-hydrogen) atoms. The maximum atomic E-state index is 12.0. The molecule has 0 amide bonds. The third kappa shape index (κ3) is 4.15. The molecule has 4 rings (SSSR count). The van der Waals surface area contributed by atoms with Crippen LogP contribution in [-0.2, 0) is 4.79 Å². The number of aromatic hydroxyl groups is 1. The van der Waals surface area contributed by atoms with Gasteiger partial charge in [0, 0.05) is 17.7 Å². The van der Waals surface area contributed by atoms with Crippen LogP contribution in [0, 0.1) is 6.92 Å². The van der Waals surface area contributed by atoms with Crippen molar-refractivity contribution in [2.75, 3.05) is 26.2 Å². The Labute approximate surface area is 186 Å². The maximum absolute atomic E-state index is 12.0. The number of phenols is 1. The van der Waals surface area contributed by atoms with Gasteiger partial charge in [0.25, 0.3) is 0 Å². The molecular weight excluding hydrogens is 418 g/mol. The first-order valence-electron chi connectivity index (χ1n) is 10.5. The van der Waals surface area contributed by atoms with Gasteiger partial charge in [-0.25, -0.2) is 0 Å². The molecule has 2 aromatic carbocycles. The first kappa shape index (κ1) is 21.7. The fraction of sp³-hybridized carbons (Fsp3) is 0.375. The summed E-state index contributed by atoms with van der Waals surface area (Å²) in [6.45, 7) is 4.56. The van der Waals surface area contributed by atoms with Crippen molar-refractivity contribution in [1.82, 2.24) is 4.90 Å². The molecule has 1 fully saturated rings. The number of allylic oxidation sites excluding steroid dienone is 1. The lowest BCUT2D eigenvalue weighted by molar-refractivity contribution is -0.109. The summed E-state index contributed by atoms with van der Waals surface area (Å²) >= 11 is 6.06. The highest BCUT2D eigenvalue weighted by molar-refractivity contribution is 6.32. The number of carbonyl (C=O) groups is 1. The number of hydrogen-bond donors (Lipinski definition) is 3. The third-order valence-electron chi connectivity index (χ3n) is 6.15. The number of fused-ring (bicyclic) bond motifs is 1. The molecule has 7 heteroatoms. The summed E-state index contributed by atoms with van der Waals surface area (Å²) in [5.74, 6) is -0.0342. The number of nitrogens with zero attached hydrogens (tertiary/aromatic N) is 1. The monoisotopic (exact) mass is 443 g/mol. The average molecular weight is 444 g/mol. The predicted molar refractivity (Wildman–Crippen MR) is 119 cm³/mol. The molecule has 3 N–H and O–H groups in total. The zero-order chi connectivity index (χ0) is 22.1. The average Bonchev–Trinajstić information content (AvgIpc) is 2.76. The second kappa shape index (κ2) is 8.91. The van der Waals surface area contributed by atoms with Gasteiger partial charge in [-0.3, -0.25) is 0 Å². The molecule has 0 saturated carbocycles. The summed E-state index contributed by atoms with van der Waals surface area (Å²) < 4.78 is 6.25. The zero-order valence-electron chi connectivity index (χ0n) is 17.3. The van der Waals surface area contributed by atoms with Gasteiger partial charge in [-0.05, 0) is 62.5 Å². The molecule has 164 valence electrons. The van der Waals surface area contributed by atoms with E-state index in [1.807, 2.05) is 13.0 Å². The Morgan fingerprint density at radius 3 is 2.52 bits per heavy atom. The largest absolute Gasteiger partial charge is 0.507 e. The summed E-state index contributed by atoms with van der Waals surface area (Å²) in [7, 11) is 0. The zero-order valence-corrected chi connectivity index (χ0v) is 18.1. The number of piperidine rings is 1. The van der Waals surface area contributed by atoms with Gasteiger partial charge in [0.1, 0.15) is 23.7 Å². The van der Waals surface area contributed by atoms with E-state index in [-0.39, 0.29) is 34.8 Å². The summed E-state index contributed by atoms with van der Waals surface area (Å²) in [6, 6.07) is 8.52. The van der Waals surface area contributed by atoms with E-state index in [4.69, 9.17) is 16.3 Å². The van der Waals surface area contributed by atoms with E-state index in [9.17, 15) is 20.1 Å². The SMILES string of the molecule is Cc1cc(C2CCN(CCO)CC2)c2c(c1)C(C=O)C(O)=C(c1ccc(O)c(Cl)c1)O2. The predicted octanol–water partition coefficient (Wildman–Crippen LogP) is 4.13. The van der Waals surface area contributed by atoms with Crippen molar-refractivity contribution in [3.8, 4) is 11.5 Å². The smallest absolute Gasteiger partial charge is 0.173 e. The lowest BCUT2D eigenvalue weighted by atomic mass is 9.83. The summed E-state index contributed by atoms with van der Waals surface area (Å²) in [6.07, 6.45) is 2.56. The van der Waals surface area contributed by atoms with Gasteiger partial charge in [-0.1, -0.05) is 29.3 Å². The number of halogens is 1. The van der Waals surface area contributed by atoms with Crippen LogP contribution in [-0.4, -0.2) is 52.7 Å². The minimum absolute atomic E-state index is 0.0698. The molecule has 0 radical (unpaired) electrons. The molecule has 2 heterocycles. The van der Waals surface area contributed by atoms with E-state index in [2.05, 4.69) is 11.0 Å². The van der Waals surface area contributed by atoms with Crippen LogP contribution in [0.2, 0.25) is 5.02 Å². The number of β-amino-alcohol motifs (C(OH)–C–C–N with tert-alkyl or cyclic N) is 1. The summed E-state index contributed by atoms with van der Waals surface area (Å²) in [5.41, 5.74) is 3.18. The van der Waals surface area contributed by atoms with Crippen LogP contribution < -0.4 is 4.74 Å². The highest BCUT2D eigenvalue weighted by Crippen LogP contribution is 2.47. The quantitative estimate of drug-likeness (QED) is 0.602. The number of benzene rings is 2. The van der Waals surface area contributed by atoms with Crippen LogP contribution in [0.25, 0.3) is 5.76 Å². The van der Waals surface area contributed by atoms with Crippen LogP contribution in [0.15, 0.2) is 36.1 Å². The lowest BCUT2D eigenvalue weighted by Crippen LogP contribution is -2.35. The standard InChI is InChI=1S/C24H26ClNO5/c1-14-10-17(15-4-6-26(7-5-15)8-9-27)24-18(11-14)19(13-28)22(30)23(31-24)16-2-3-21(29)20(25)12-16/h2-3,10-13,15,19,27,29-30H,4-9H2,1H3. The minimum atomic E-state index is -0.834. The Morgan fingerprint density at radius 1 is 1.16 bits per heavy atom. The Hall–Kier alpha value is -2.54. The molecule has 0 aromatic heterocycles. The number of aliphatic hydroxyl groups excluding tert-OH is 2. The van der Waals surface area contributed by atoms with Crippen LogP contribution in [0.5, 0.6) is 11.5 Å². The van der Waals surface area contributed by atoms with E-state index >= 15 is 0 Å². The highest BCUT2D eigenvalue weighted by atomic mass is 35.5. The molecule has 0 aliphatic carbocycles. The van der Waals surface area contributed by atoms with Gasteiger partial charge < -0.3 is 29.8 Å². The minimum Gasteiger partial charge on any atom is -0.507 e. The second-order valence-corrected chi connectivity index (χ2v) is 8.62. The molecule has 1 saturated heterocycles. The van der Waals surface area contributed by atoms with Gasteiger partial charge >= 0.3 is 0 Å². The molecule has 1 atom stereocenters. The van der Waals surface area contributed by atoms with Gasteiger partial charge in [0.2, 0.25) is 0 Å². The van der Waals surface area contributed by atoms with Crippen LogP contribution >= 0.6 is 11.6 Å². The Balaban J connectivity index is 1.75. The molecule has 2 aliphatic heterocycles. The number of hydrogen-bond acceptors (Lipinski definition) is 6. The van der Waals surface area contributed by atoms with Gasteiger partial charge in [-0.15, -0.1) is 0 Å². The number of aryl methyl sites for hydroxylation is 1. The van der Waals surface area contributed by atoms with Gasteiger partial charge in [0.15, 0.2) is 11.5 Å². The van der Waals surface area contributed by atoms with E-state index in [1.165, 1.54) is 12.1 Å². The first-order valence-corrected chi connectivity index (χ1v) is 10.8. The molecular formula is C24H26ClNO5. The summed E-state index contributed by atoms with van der Waals surface area (Å²) in [4.78, 5) is 14.2. The van der Waals surface area contributed by atoms with Crippen molar-refractivity contribution in [3.63, 3.8) is 0 Å². The number of ether oxygens (including phenoxy) is 1. The van der Waals surface area contributed by atoms with Crippen LogP contribution in [0.4, 0.5) is 0 Å². The topological polar surface area (TPSA) is 90.2 Å². The fourth-order valence-corrected chi connectivity index (χ4v) is 4.71. The van der Waals surface area contributed by atoms with Crippen molar-refractivity contribution in [2.24, 2.45) is 0 Å². The maximum Gasteiger partial charge on any atom is 0.173 e. The molecule has 1 unspecified atom stereocenters. The van der Waals surface area contributed by atoms with Crippen molar-refractivity contribution >= 4 is 23.6 Å². The van der Waals surface area contributed by atoms with E-state index in [1.54, 1.807) is 6.07 Å². The second-order valence-electron chi connectivity index (χ2n) is 8.21. The Kier molecular flexibility index (Phi) is 6.23. The fourth-order valence-electron chi connectivity index (χ4n) is 4.53.